The largest absolute Gasteiger partial charge is 0.440 e. The third-order valence-corrected chi connectivity index (χ3v) is 81.7. The molecule has 0 aliphatic rings. The van der Waals surface area contributed by atoms with Gasteiger partial charge in [0.2, 0.25) is 0 Å². The van der Waals surface area contributed by atoms with Gasteiger partial charge in [-0.3, -0.25) is 0 Å². The standard InChI is InChI=1S/C27H64OSi4/c1-19(2)29(20(3)4,21(5)6)32(28,30(22(7)8,23(9)10)24(11)12)31(25(13)14,26(15)16)27(17)18/h19-28H,1-18H3. The van der Waals surface area contributed by atoms with Crippen molar-refractivity contribution in [2.75, 3.05) is 0 Å². The van der Waals surface area contributed by atoms with E-state index in [0.717, 1.165) is 0 Å². The molecule has 0 aromatic heterocycles. The van der Waals surface area contributed by atoms with E-state index in [9.17, 15) is 4.80 Å². The summed E-state index contributed by atoms with van der Waals surface area (Å²) in [5.41, 5.74) is 5.67. The highest BCUT2D eigenvalue weighted by molar-refractivity contribution is 7.89. The Morgan fingerprint density at radius 1 is 0.281 bits per heavy atom. The van der Waals surface area contributed by atoms with E-state index in [1.165, 1.54) is 0 Å². The maximum Gasteiger partial charge on any atom is 0.157 e. The van der Waals surface area contributed by atoms with E-state index in [0.29, 0.717) is 49.9 Å². The van der Waals surface area contributed by atoms with Crippen molar-refractivity contribution in [2.45, 2.75) is 174 Å². The normalized spacial score (nSPS) is 15.4. The van der Waals surface area contributed by atoms with Crippen molar-refractivity contribution >= 4 is 29.6 Å². The molecule has 0 bridgehead atoms. The Balaban J connectivity index is 8.62. The lowest BCUT2D eigenvalue weighted by atomic mass is 10.5. The van der Waals surface area contributed by atoms with Crippen LogP contribution in [0.15, 0.2) is 0 Å². The summed E-state index contributed by atoms with van der Waals surface area (Å²) in [5.74, 6) is 0. The Labute approximate surface area is 208 Å². The van der Waals surface area contributed by atoms with Crippen molar-refractivity contribution in [3.05, 3.63) is 0 Å². The summed E-state index contributed by atoms with van der Waals surface area (Å²) in [5, 5.41) is 0. The van der Waals surface area contributed by atoms with Gasteiger partial charge in [-0.15, -0.1) is 0 Å². The van der Waals surface area contributed by atoms with Crippen molar-refractivity contribution < 1.29 is 4.80 Å². The van der Waals surface area contributed by atoms with Crippen LogP contribution in [0.3, 0.4) is 0 Å². The lowest BCUT2D eigenvalue weighted by Gasteiger charge is -2.72. The van der Waals surface area contributed by atoms with Gasteiger partial charge in [-0.05, 0) is 0 Å². The molecule has 1 nitrogen and oxygen atoms in total. The van der Waals surface area contributed by atoms with Gasteiger partial charge in [-0.1, -0.05) is 174 Å². The number of rotatable bonds is 12. The van der Waals surface area contributed by atoms with Gasteiger partial charge in [0.15, 0.2) is 6.87 Å². The predicted octanol–water partition coefficient (Wildman–Crippen LogP) is 10.2. The molecule has 0 aliphatic heterocycles. The molecule has 0 atom stereocenters. The van der Waals surface area contributed by atoms with E-state index >= 15 is 0 Å². The molecule has 0 radical (unpaired) electrons. The number of hydrogen-bond donors (Lipinski definition) is 1. The van der Waals surface area contributed by atoms with Crippen molar-refractivity contribution in [1.29, 1.82) is 0 Å². The molecule has 0 spiro atoms. The minimum Gasteiger partial charge on any atom is -0.440 e. The molecule has 0 saturated carbocycles. The van der Waals surface area contributed by atoms with Crippen molar-refractivity contribution in [1.82, 2.24) is 0 Å². The molecule has 0 unspecified atom stereocenters. The fraction of sp³-hybridized carbons (Fsp3) is 1.00. The lowest BCUT2D eigenvalue weighted by Crippen LogP contribution is -2.94. The third kappa shape index (κ3) is 4.10. The third-order valence-electron chi connectivity index (χ3n) is 10.5. The van der Waals surface area contributed by atoms with Crippen LogP contribution in [0, 0.1) is 0 Å². The second kappa shape index (κ2) is 11.3. The Morgan fingerprint density at radius 3 is 0.438 bits per heavy atom. The summed E-state index contributed by atoms with van der Waals surface area (Å²) >= 11 is 0. The van der Waals surface area contributed by atoms with Gasteiger partial charge in [0.05, 0.1) is 22.8 Å². The molecular weight excluding hydrogens is 453 g/mol. The molecule has 0 rings (SSSR count). The van der Waals surface area contributed by atoms with Crippen LogP contribution < -0.4 is 0 Å². The Morgan fingerprint density at radius 2 is 0.375 bits per heavy atom. The zero-order chi connectivity index (χ0) is 26.2. The molecule has 0 amide bonds. The Kier molecular flexibility index (Phi) is 11.6. The fourth-order valence-electron chi connectivity index (χ4n) is 10.9. The zero-order valence-corrected chi connectivity index (χ0v) is 29.6. The monoisotopic (exact) mass is 516 g/mol. The maximum atomic E-state index is 14.6. The van der Waals surface area contributed by atoms with Crippen LogP contribution in [-0.4, -0.2) is 34.4 Å². The van der Waals surface area contributed by atoms with Gasteiger partial charge in [0.1, 0.15) is 0 Å². The molecule has 0 heterocycles. The summed E-state index contributed by atoms with van der Waals surface area (Å²) in [6.07, 6.45) is 0. The smallest absolute Gasteiger partial charge is 0.157 e. The molecule has 32 heavy (non-hydrogen) atoms. The topological polar surface area (TPSA) is 20.2 Å². The van der Waals surface area contributed by atoms with E-state index in [1.807, 2.05) is 0 Å². The van der Waals surface area contributed by atoms with Crippen LogP contribution in [0.5, 0.6) is 0 Å². The van der Waals surface area contributed by atoms with Crippen molar-refractivity contribution in [2.24, 2.45) is 0 Å². The van der Waals surface area contributed by atoms with E-state index in [-0.39, 0.29) is 0 Å². The Bertz CT molecular complexity index is 432. The van der Waals surface area contributed by atoms with Crippen LogP contribution in [0.25, 0.3) is 0 Å². The fourth-order valence-corrected chi connectivity index (χ4v) is 129. The molecular formula is C27H64OSi4. The first-order chi connectivity index (χ1) is 14.2. The van der Waals surface area contributed by atoms with Gasteiger partial charge in [-0.2, -0.15) is 0 Å². The molecule has 1 N–H and O–H groups in total. The van der Waals surface area contributed by atoms with Crippen molar-refractivity contribution in [3.63, 3.8) is 0 Å². The van der Waals surface area contributed by atoms with E-state index in [2.05, 4.69) is 125 Å². The van der Waals surface area contributed by atoms with Crippen LogP contribution in [-0.2, 0) is 0 Å². The molecule has 194 valence electrons. The second-order valence-electron chi connectivity index (χ2n) is 13.9. The highest BCUT2D eigenvalue weighted by Gasteiger charge is 2.80. The average Bonchev–Trinajstić information content (AvgIpc) is 2.52. The maximum absolute atomic E-state index is 14.6. The van der Waals surface area contributed by atoms with Crippen LogP contribution in [0.4, 0.5) is 0 Å². The summed E-state index contributed by atoms with van der Waals surface area (Å²) in [4.78, 5) is 14.6. The molecule has 0 aromatic carbocycles. The molecule has 5 heteroatoms. The van der Waals surface area contributed by atoms with E-state index < -0.39 is 29.6 Å². The summed E-state index contributed by atoms with van der Waals surface area (Å²) in [7, 11) is -6.33. The van der Waals surface area contributed by atoms with Gasteiger partial charge in [-0.25, -0.2) is 0 Å². The zero-order valence-electron chi connectivity index (χ0n) is 25.6. The van der Waals surface area contributed by atoms with Gasteiger partial charge >= 0.3 is 0 Å². The summed E-state index contributed by atoms with van der Waals surface area (Å²) < 4.78 is 0. The highest BCUT2D eigenvalue weighted by Crippen LogP contribution is 2.64. The quantitative estimate of drug-likeness (QED) is 0.256. The van der Waals surface area contributed by atoms with Gasteiger partial charge in [0.25, 0.3) is 0 Å². The van der Waals surface area contributed by atoms with Crippen LogP contribution >= 0.6 is 0 Å². The van der Waals surface area contributed by atoms with Crippen molar-refractivity contribution in [3.8, 4) is 0 Å². The minimum atomic E-state index is -2.74. The average molecular weight is 517 g/mol. The molecule has 0 saturated heterocycles. The lowest BCUT2D eigenvalue weighted by molar-refractivity contribution is 0.571. The predicted molar refractivity (Wildman–Crippen MR) is 161 cm³/mol. The summed E-state index contributed by atoms with van der Waals surface area (Å²) in [6.45, 7) is 42.8. The SMILES string of the molecule is CC(C)[Si](C(C)C)(C(C)C)[Si](O)([Si](C(C)C)(C(C)C)C(C)C)[Si](C(C)C)(C(C)C)C(C)C. The van der Waals surface area contributed by atoms with E-state index in [1.54, 1.807) is 0 Å². The molecule has 0 aliphatic carbocycles. The first-order valence-electron chi connectivity index (χ1n) is 14.0. The molecule has 0 fully saturated rings. The summed E-state index contributed by atoms with van der Waals surface area (Å²) in [6, 6.07) is 0. The first kappa shape index (κ1) is 32.8. The molecule has 0 aromatic rings. The van der Waals surface area contributed by atoms with Gasteiger partial charge < -0.3 is 4.80 Å². The highest BCUT2D eigenvalue weighted by atomic mass is 29.9. The first-order valence-corrected chi connectivity index (χ1v) is 25.6. The van der Waals surface area contributed by atoms with E-state index in [4.69, 9.17) is 0 Å². The minimum absolute atomic E-state index is 0.630. The Hall–Kier alpha value is 0.828. The number of hydrogen-bond acceptors (Lipinski definition) is 1. The second-order valence-corrected chi connectivity index (χ2v) is 50.1. The van der Waals surface area contributed by atoms with Gasteiger partial charge in [0, 0.05) is 0 Å². The van der Waals surface area contributed by atoms with Crippen LogP contribution in [0.2, 0.25) is 49.9 Å². The van der Waals surface area contributed by atoms with Crippen LogP contribution in [0.1, 0.15) is 125 Å².